The summed E-state index contributed by atoms with van der Waals surface area (Å²) >= 11 is 11.9. The van der Waals surface area contributed by atoms with Crippen molar-refractivity contribution in [1.29, 1.82) is 0 Å². The molecule has 1 aromatic rings. The number of aliphatic carboxylic acids is 1. The van der Waals surface area contributed by atoms with E-state index >= 15 is 0 Å². The average molecular weight is 317 g/mol. The Morgan fingerprint density at radius 1 is 1.25 bits per heavy atom. The first-order valence-corrected chi connectivity index (χ1v) is 7.32. The van der Waals surface area contributed by atoms with Gasteiger partial charge in [0.05, 0.1) is 10.0 Å². The largest absolute Gasteiger partial charge is 0.480 e. The lowest BCUT2D eigenvalue weighted by atomic mass is 10.0. The van der Waals surface area contributed by atoms with Gasteiger partial charge in [0.1, 0.15) is 6.04 Å². The molecule has 1 N–H and O–H groups in total. The number of hydrogen-bond donors (Lipinski definition) is 1. The monoisotopic (exact) mass is 316 g/mol. The highest BCUT2D eigenvalue weighted by molar-refractivity contribution is 6.42. The van der Waals surface area contributed by atoms with Crippen LogP contribution in [0.25, 0.3) is 0 Å². The molecule has 0 spiro atoms. The van der Waals surface area contributed by atoms with Gasteiger partial charge in [0.25, 0.3) is 0 Å². The Morgan fingerprint density at radius 2 is 1.90 bits per heavy atom. The fourth-order valence-electron chi connectivity index (χ4n) is 2.40. The van der Waals surface area contributed by atoms with Crippen molar-refractivity contribution >= 4 is 29.2 Å². The second kappa shape index (κ2) is 6.76. The normalized spacial score (nSPS) is 18.9. The van der Waals surface area contributed by atoms with Crippen molar-refractivity contribution in [1.82, 2.24) is 9.80 Å². The fourth-order valence-corrected chi connectivity index (χ4v) is 2.72. The SMILES string of the molecule is CN1CCN([C@@H](Cc2ccc(Cl)c(Cl)c2)C(=O)O)CC1. The van der Waals surface area contributed by atoms with Crippen LogP contribution in [0.4, 0.5) is 0 Å². The molecule has 2 rings (SSSR count). The van der Waals surface area contributed by atoms with Crippen molar-refractivity contribution in [2.75, 3.05) is 33.2 Å². The summed E-state index contributed by atoms with van der Waals surface area (Å²) in [5.74, 6) is -0.791. The van der Waals surface area contributed by atoms with E-state index < -0.39 is 12.0 Å². The molecular formula is C14H18Cl2N2O2. The molecule has 0 aromatic heterocycles. The van der Waals surface area contributed by atoms with E-state index in [1.54, 1.807) is 12.1 Å². The summed E-state index contributed by atoms with van der Waals surface area (Å²) in [6.45, 7) is 3.33. The van der Waals surface area contributed by atoms with E-state index in [0.717, 1.165) is 31.7 Å². The number of carboxylic acid groups (broad SMARTS) is 1. The summed E-state index contributed by atoms with van der Waals surface area (Å²) in [5, 5.41) is 10.4. The Bertz CT molecular complexity index is 488. The quantitative estimate of drug-likeness (QED) is 0.925. The topological polar surface area (TPSA) is 43.8 Å². The molecule has 6 heteroatoms. The van der Waals surface area contributed by atoms with E-state index in [1.807, 2.05) is 18.0 Å². The van der Waals surface area contributed by atoms with Crippen LogP contribution in [-0.2, 0) is 11.2 Å². The van der Waals surface area contributed by atoms with E-state index in [4.69, 9.17) is 23.2 Å². The zero-order chi connectivity index (χ0) is 14.7. The van der Waals surface area contributed by atoms with Gasteiger partial charge in [-0.05, 0) is 31.2 Å². The minimum atomic E-state index is -0.791. The molecule has 0 radical (unpaired) electrons. The Labute approximate surface area is 128 Å². The van der Waals surface area contributed by atoms with Crippen LogP contribution < -0.4 is 0 Å². The fraction of sp³-hybridized carbons (Fsp3) is 0.500. The molecule has 1 aliphatic rings. The van der Waals surface area contributed by atoms with Gasteiger partial charge >= 0.3 is 5.97 Å². The smallest absolute Gasteiger partial charge is 0.321 e. The van der Waals surface area contributed by atoms with E-state index in [0.29, 0.717) is 16.5 Å². The molecule has 4 nitrogen and oxygen atoms in total. The lowest BCUT2D eigenvalue weighted by Crippen LogP contribution is -2.52. The molecule has 1 heterocycles. The van der Waals surface area contributed by atoms with Crippen LogP contribution in [0.2, 0.25) is 10.0 Å². The minimum Gasteiger partial charge on any atom is -0.480 e. The molecule has 0 unspecified atom stereocenters. The third kappa shape index (κ3) is 3.85. The molecule has 1 saturated heterocycles. The van der Waals surface area contributed by atoms with E-state index in [-0.39, 0.29) is 0 Å². The molecule has 20 heavy (non-hydrogen) atoms. The number of piperazine rings is 1. The lowest BCUT2D eigenvalue weighted by molar-refractivity contribution is -0.144. The molecule has 110 valence electrons. The number of hydrogen-bond acceptors (Lipinski definition) is 3. The van der Waals surface area contributed by atoms with Crippen molar-refractivity contribution in [2.45, 2.75) is 12.5 Å². The minimum absolute atomic E-state index is 0.440. The summed E-state index contributed by atoms with van der Waals surface area (Å²) in [6, 6.07) is 4.78. The van der Waals surface area contributed by atoms with Gasteiger partial charge in [0.15, 0.2) is 0 Å². The van der Waals surface area contributed by atoms with Crippen molar-refractivity contribution < 1.29 is 9.90 Å². The maximum atomic E-state index is 11.5. The highest BCUT2D eigenvalue weighted by atomic mass is 35.5. The molecule has 1 fully saturated rings. The van der Waals surface area contributed by atoms with Gasteiger partial charge in [-0.3, -0.25) is 9.69 Å². The van der Waals surface area contributed by atoms with Crippen LogP contribution in [-0.4, -0.2) is 60.1 Å². The predicted molar refractivity (Wildman–Crippen MR) is 80.7 cm³/mol. The van der Waals surface area contributed by atoms with Crippen molar-refractivity contribution in [3.05, 3.63) is 33.8 Å². The molecule has 1 atom stereocenters. The summed E-state index contributed by atoms with van der Waals surface area (Å²) in [5.41, 5.74) is 0.894. The Hall–Kier alpha value is -0.810. The second-order valence-corrected chi connectivity index (χ2v) is 5.96. The molecule has 0 bridgehead atoms. The second-order valence-electron chi connectivity index (χ2n) is 5.15. The summed E-state index contributed by atoms with van der Waals surface area (Å²) in [7, 11) is 2.05. The number of benzene rings is 1. The summed E-state index contributed by atoms with van der Waals surface area (Å²) in [6.07, 6.45) is 0.440. The summed E-state index contributed by atoms with van der Waals surface area (Å²) < 4.78 is 0. The van der Waals surface area contributed by atoms with Gasteiger partial charge < -0.3 is 10.0 Å². The number of nitrogens with zero attached hydrogens (tertiary/aromatic N) is 2. The highest BCUT2D eigenvalue weighted by Gasteiger charge is 2.28. The van der Waals surface area contributed by atoms with Crippen LogP contribution in [0.5, 0.6) is 0 Å². The maximum Gasteiger partial charge on any atom is 0.321 e. The summed E-state index contributed by atoms with van der Waals surface area (Å²) in [4.78, 5) is 15.7. The molecule has 0 aliphatic carbocycles. The van der Waals surface area contributed by atoms with Gasteiger partial charge in [0, 0.05) is 26.2 Å². The standard InChI is InChI=1S/C14H18Cl2N2O2/c1-17-4-6-18(7-5-17)13(14(19)20)9-10-2-3-11(15)12(16)8-10/h2-3,8,13H,4-7,9H2,1H3,(H,19,20)/t13-/m0/s1. The van der Waals surface area contributed by atoms with Crippen molar-refractivity contribution in [2.24, 2.45) is 0 Å². The first-order chi connectivity index (χ1) is 9.47. The molecule has 1 aliphatic heterocycles. The third-order valence-electron chi connectivity index (χ3n) is 3.68. The Kier molecular flexibility index (Phi) is 5.27. The van der Waals surface area contributed by atoms with Gasteiger partial charge in [-0.15, -0.1) is 0 Å². The number of carboxylic acids is 1. The van der Waals surface area contributed by atoms with E-state index in [9.17, 15) is 9.90 Å². The molecular weight excluding hydrogens is 299 g/mol. The molecule has 0 amide bonds. The number of likely N-dealkylation sites (N-methyl/N-ethyl adjacent to an activating group) is 1. The average Bonchev–Trinajstić information content (AvgIpc) is 2.41. The zero-order valence-electron chi connectivity index (χ0n) is 11.4. The van der Waals surface area contributed by atoms with Gasteiger partial charge in [0.2, 0.25) is 0 Å². The van der Waals surface area contributed by atoms with E-state index in [1.165, 1.54) is 0 Å². The zero-order valence-corrected chi connectivity index (χ0v) is 12.9. The van der Waals surface area contributed by atoms with Crippen LogP contribution in [0, 0.1) is 0 Å². The van der Waals surface area contributed by atoms with Crippen LogP contribution >= 0.6 is 23.2 Å². The molecule has 0 saturated carbocycles. The Balaban J connectivity index is 2.09. The van der Waals surface area contributed by atoms with Crippen molar-refractivity contribution in [3.63, 3.8) is 0 Å². The van der Waals surface area contributed by atoms with Crippen LogP contribution in [0.1, 0.15) is 5.56 Å². The van der Waals surface area contributed by atoms with Gasteiger partial charge in [-0.25, -0.2) is 0 Å². The third-order valence-corrected chi connectivity index (χ3v) is 4.42. The lowest BCUT2D eigenvalue weighted by Gasteiger charge is -2.36. The first kappa shape index (κ1) is 15.6. The number of rotatable bonds is 4. The van der Waals surface area contributed by atoms with E-state index in [2.05, 4.69) is 4.90 Å². The van der Waals surface area contributed by atoms with Gasteiger partial charge in [-0.2, -0.15) is 0 Å². The van der Waals surface area contributed by atoms with Crippen molar-refractivity contribution in [3.8, 4) is 0 Å². The Morgan fingerprint density at radius 3 is 2.45 bits per heavy atom. The first-order valence-electron chi connectivity index (χ1n) is 6.56. The highest BCUT2D eigenvalue weighted by Crippen LogP contribution is 2.24. The number of halogens is 2. The predicted octanol–water partition coefficient (Wildman–Crippen LogP) is 2.24. The van der Waals surface area contributed by atoms with Crippen LogP contribution in [0.3, 0.4) is 0 Å². The molecule has 1 aromatic carbocycles. The maximum absolute atomic E-state index is 11.5. The van der Waals surface area contributed by atoms with Crippen LogP contribution in [0.15, 0.2) is 18.2 Å². The number of carbonyl (C=O) groups is 1. The van der Waals surface area contributed by atoms with Gasteiger partial charge in [-0.1, -0.05) is 29.3 Å².